The van der Waals surface area contributed by atoms with Gasteiger partial charge in [0.15, 0.2) is 6.19 Å². The minimum atomic E-state index is -0.397. The molecule has 2 aliphatic rings. The number of hydrogen-bond acceptors (Lipinski definition) is 5. The van der Waals surface area contributed by atoms with E-state index >= 15 is 0 Å². The SMILES string of the molecule is CN1CC(n2c(NC#N)nc3cc(/C=C4\c5ccc(F)cc5COc5cc(F)ccc54)ccc32)C1. The first-order chi connectivity index (χ1) is 17.0. The van der Waals surface area contributed by atoms with Gasteiger partial charge in [0.05, 0.1) is 17.1 Å². The highest BCUT2D eigenvalue weighted by Gasteiger charge is 2.29. The van der Waals surface area contributed by atoms with E-state index in [9.17, 15) is 14.0 Å². The molecule has 0 spiro atoms. The number of nitriles is 1. The summed E-state index contributed by atoms with van der Waals surface area (Å²) in [4.78, 5) is 6.88. The Morgan fingerprint density at radius 1 is 1.06 bits per heavy atom. The number of hydrogen-bond donors (Lipinski definition) is 1. The zero-order chi connectivity index (χ0) is 24.1. The summed E-state index contributed by atoms with van der Waals surface area (Å²) in [5.41, 5.74) is 5.62. The molecule has 1 aromatic heterocycles. The molecule has 0 aliphatic carbocycles. The molecule has 0 radical (unpaired) electrons. The smallest absolute Gasteiger partial charge is 0.217 e. The second-order valence-corrected chi connectivity index (χ2v) is 8.95. The number of ether oxygens (including phenoxy) is 1. The lowest BCUT2D eigenvalue weighted by Crippen LogP contribution is -2.45. The minimum absolute atomic E-state index is 0.142. The first kappa shape index (κ1) is 21.3. The number of halogens is 2. The number of aromatic nitrogens is 2. The molecule has 3 aromatic carbocycles. The molecule has 0 atom stereocenters. The fraction of sp³-hybridized carbons (Fsp3) is 0.185. The van der Waals surface area contributed by atoms with Crippen LogP contribution in [-0.2, 0) is 6.61 Å². The van der Waals surface area contributed by atoms with E-state index in [1.54, 1.807) is 12.1 Å². The summed E-state index contributed by atoms with van der Waals surface area (Å²) in [5, 5.41) is 11.9. The van der Waals surface area contributed by atoms with E-state index in [1.807, 2.05) is 30.5 Å². The van der Waals surface area contributed by atoms with Gasteiger partial charge < -0.3 is 14.2 Å². The molecule has 4 aromatic rings. The summed E-state index contributed by atoms with van der Waals surface area (Å²) in [6.45, 7) is 1.92. The van der Waals surface area contributed by atoms with E-state index in [-0.39, 0.29) is 18.5 Å². The second-order valence-electron chi connectivity index (χ2n) is 8.95. The minimum Gasteiger partial charge on any atom is -0.488 e. The van der Waals surface area contributed by atoms with Crippen LogP contribution < -0.4 is 10.1 Å². The van der Waals surface area contributed by atoms with Crippen molar-refractivity contribution in [3.05, 3.63) is 88.5 Å². The maximum absolute atomic E-state index is 14.0. The van der Waals surface area contributed by atoms with Crippen LogP contribution in [0.25, 0.3) is 22.7 Å². The number of imidazole rings is 1. The highest BCUT2D eigenvalue weighted by Crippen LogP contribution is 2.39. The topological polar surface area (TPSA) is 66.1 Å². The Morgan fingerprint density at radius 2 is 1.83 bits per heavy atom. The molecule has 1 N–H and O–H groups in total. The lowest BCUT2D eigenvalue weighted by molar-refractivity contribution is 0.145. The molecule has 0 saturated carbocycles. The number of likely N-dealkylation sites (N-methyl/N-ethyl adjacent to an activating group) is 1. The highest BCUT2D eigenvalue weighted by molar-refractivity contribution is 5.96. The number of rotatable bonds is 3. The van der Waals surface area contributed by atoms with Gasteiger partial charge >= 0.3 is 0 Å². The molecule has 0 unspecified atom stereocenters. The van der Waals surface area contributed by atoms with Crippen molar-refractivity contribution >= 4 is 28.6 Å². The Hall–Kier alpha value is -4.22. The van der Waals surface area contributed by atoms with Crippen molar-refractivity contribution < 1.29 is 13.5 Å². The van der Waals surface area contributed by atoms with Crippen LogP contribution in [0.2, 0.25) is 0 Å². The zero-order valence-electron chi connectivity index (χ0n) is 18.9. The van der Waals surface area contributed by atoms with Crippen LogP contribution in [-0.4, -0.2) is 34.6 Å². The van der Waals surface area contributed by atoms with Gasteiger partial charge in [-0.2, -0.15) is 5.26 Å². The Balaban J connectivity index is 1.50. The molecule has 35 heavy (non-hydrogen) atoms. The monoisotopic (exact) mass is 469 g/mol. The largest absolute Gasteiger partial charge is 0.488 e. The van der Waals surface area contributed by atoms with Crippen molar-refractivity contribution in [2.24, 2.45) is 0 Å². The number of anilines is 1. The van der Waals surface area contributed by atoms with E-state index in [4.69, 9.17) is 4.74 Å². The van der Waals surface area contributed by atoms with Gasteiger partial charge in [0.2, 0.25) is 5.95 Å². The lowest BCUT2D eigenvalue weighted by Gasteiger charge is -2.37. The van der Waals surface area contributed by atoms with Crippen molar-refractivity contribution in [2.75, 3.05) is 25.5 Å². The number of benzene rings is 3. The van der Waals surface area contributed by atoms with Crippen LogP contribution in [0.3, 0.4) is 0 Å². The molecular weight excluding hydrogens is 448 g/mol. The molecule has 8 heteroatoms. The average molecular weight is 469 g/mol. The normalized spacial score (nSPS) is 16.7. The standard InChI is InChI=1S/C27H21F2N5O/c1-33-12-20(13-33)34-25-7-2-16(9-24(25)32-27(34)31-15-30)8-23-21-5-3-18(28)10-17(21)14-35-26-11-19(29)4-6-22(23)26/h2-11,20H,12-14H2,1H3,(H,31,32)/b23-8+. The van der Waals surface area contributed by atoms with Crippen LogP contribution >= 0.6 is 0 Å². The number of fused-ring (bicyclic) bond motifs is 3. The van der Waals surface area contributed by atoms with E-state index < -0.39 is 5.82 Å². The van der Waals surface area contributed by atoms with Crippen molar-refractivity contribution in [3.8, 4) is 11.9 Å². The van der Waals surface area contributed by atoms with Gasteiger partial charge in [0.1, 0.15) is 24.0 Å². The molecule has 1 saturated heterocycles. The number of likely N-dealkylation sites (tertiary alicyclic amines) is 1. The third-order valence-corrected chi connectivity index (χ3v) is 6.58. The van der Waals surface area contributed by atoms with Crippen LogP contribution in [0.15, 0.2) is 54.6 Å². The first-order valence-electron chi connectivity index (χ1n) is 11.3. The zero-order valence-corrected chi connectivity index (χ0v) is 18.9. The second kappa shape index (κ2) is 8.22. The van der Waals surface area contributed by atoms with Crippen molar-refractivity contribution in [1.82, 2.24) is 14.5 Å². The molecule has 6 nitrogen and oxygen atoms in total. The third-order valence-electron chi connectivity index (χ3n) is 6.58. The van der Waals surface area contributed by atoms with Crippen molar-refractivity contribution in [2.45, 2.75) is 12.6 Å². The maximum atomic E-state index is 14.0. The number of nitrogens with zero attached hydrogens (tertiary/aromatic N) is 4. The summed E-state index contributed by atoms with van der Waals surface area (Å²) in [7, 11) is 2.06. The van der Waals surface area contributed by atoms with Crippen LogP contribution in [0.4, 0.5) is 14.7 Å². The van der Waals surface area contributed by atoms with Crippen LogP contribution in [0, 0.1) is 23.1 Å². The van der Waals surface area contributed by atoms with Gasteiger partial charge in [-0.25, -0.2) is 13.8 Å². The predicted molar refractivity (Wildman–Crippen MR) is 130 cm³/mol. The molecule has 6 rings (SSSR count). The fourth-order valence-corrected chi connectivity index (χ4v) is 4.95. The highest BCUT2D eigenvalue weighted by atomic mass is 19.1. The molecule has 3 heterocycles. The quantitative estimate of drug-likeness (QED) is 0.331. The third kappa shape index (κ3) is 3.70. The Labute approximate surface area is 200 Å². The summed E-state index contributed by atoms with van der Waals surface area (Å²) in [6.07, 6.45) is 3.97. The summed E-state index contributed by atoms with van der Waals surface area (Å²) >= 11 is 0. The molecule has 2 aliphatic heterocycles. The van der Waals surface area contributed by atoms with Gasteiger partial charge in [-0.05, 0) is 66.2 Å². The van der Waals surface area contributed by atoms with E-state index in [0.717, 1.165) is 46.4 Å². The first-order valence-corrected chi connectivity index (χ1v) is 11.3. The summed E-state index contributed by atoms with van der Waals surface area (Å²) in [5.74, 6) is 0.184. The van der Waals surface area contributed by atoms with Gasteiger partial charge in [-0.1, -0.05) is 12.1 Å². The number of nitrogens with one attached hydrogen (secondary N) is 1. The van der Waals surface area contributed by atoms with Gasteiger partial charge in [0.25, 0.3) is 0 Å². The van der Waals surface area contributed by atoms with Gasteiger partial charge in [-0.3, -0.25) is 5.32 Å². The molecular formula is C27H21F2N5O. The summed E-state index contributed by atoms with van der Waals surface area (Å²) in [6, 6.07) is 15.2. The summed E-state index contributed by atoms with van der Waals surface area (Å²) < 4.78 is 35.9. The Bertz CT molecular complexity index is 1490. The van der Waals surface area contributed by atoms with Crippen molar-refractivity contribution in [3.63, 3.8) is 0 Å². The van der Waals surface area contributed by atoms with Crippen molar-refractivity contribution in [1.29, 1.82) is 5.26 Å². The van der Waals surface area contributed by atoms with Crippen LogP contribution in [0.5, 0.6) is 5.75 Å². The van der Waals surface area contributed by atoms with E-state index in [0.29, 0.717) is 17.3 Å². The Morgan fingerprint density at radius 3 is 2.60 bits per heavy atom. The van der Waals surface area contributed by atoms with E-state index in [2.05, 4.69) is 26.8 Å². The Kier molecular flexibility index (Phi) is 5.01. The maximum Gasteiger partial charge on any atom is 0.217 e. The van der Waals surface area contributed by atoms with Gasteiger partial charge in [0, 0.05) is 30.3 Å². The molecule has 0 amide bonds. The molecule has 0 bridgehead atoms. The lowest BCUT2D eigenvalue weighted by atomic mass is 9.92. The molecule has 174 valence electrons. The van der Waals surface area contributed by atoms with Gasteiger partial charge in [-0.15, -0.1) is 0 Å². The fourth-order valence-electron chi connectivity index (χ4n) is 4.95. The predicted octanol–water partition coefficient (Wildman–Crippen LogP) is 5.18. The molecule has 1 fully saturated rings. The van der Waals surface area contributed by atoms with E-state index in [1.165, 1.54) is 24.3 Å². The van der Waals surface area contributed by atoms with Crippen LogP contribution in [0.1, 0.15) is 28.3 Å². The average Bonchev–Trinajstić information content (AvgIpc) is 3.09.